The van der Waals surface area contributed by atoms with Crippen molar-refractivity contribution < 1.29 is 29.5 Å². The lowest BCUT2D eigenvalue weighted by Crippen LogP contribution is -2.38. The number of nitrogens with one attached hydrogen (secondary N) is 1. The third-order valence-electron chi connectivity index (χ3n) is 2.81. The molecule has 0 unspecified atom stereocenters. The molecule has 2 heterocycles. The summed E-state index contributed by atoms with van der Waals surface area (Å²) in [6.07, 6.45) is -4.75. The molecule has 1 aliphatic rings. The van der Waals surface area contributed by atoms with E-state index in [1.54, 1.807) is 4.98 Å². The van der Waals surface area contributed by atoms with Crippen molar-refractivity contribution in [2.45, 2.75) is 24.5 Å². The molecule has 0 aliphatic carbocycles. The molecule has 0 bridgehead atoms. The van der Waals surface area contributed by atoms with Crippen molar-refractivity contribution in [3.63, 3.8) is 0 Å². The summed E-state index contributed by atoms with van der Waals surface area (Å²) in [5, 5.41) is 28.1. The Morgan fingerprint density at radius 2 is 2.11 bits per heavy atom. The number of aliphatic hydroxyl groups is 3. The van der Waals surface area contributed by atoms with Crippen LogP contribution in [0.4, 0.5) is 4.53 Å². The first kappa shape index (κ1) is 13.7. The van der Waals surface area contributed by atoms with Crippen LogP contribution < -0.4 is 16.2 Å². The van der Waals surface area contributed by atoms with Gasteiger partial charge in [0.15, 0.2) is 6.23 Å². The van der Waals surface area contributed by atoms with Gasteiger partial charge in [0.25, 0.3) is 5.75 Å². The molecule has 1 saturated heterocycles. The molecule has 4 atom stereocenters. The van der Waals surface area contributed by atoms with Crippen LogP contribution in [0.25, 0.3) is 0 Å². The lowest BCUT2D eigenvalue weighted by atomic mass is 10.1. The van der Waals surface area contributed by atoms with Crippen LogP contribution in [0.5, 0.6) is 5.75 Å². The van der Waals surface area contributed by atoms with Crippen LogP contribution in [0.15, 0.2) is 15.8 Å². The van der Waals surface area contributed by atoms with Gasteiger partial charge in [-0.15, -0.1) is 0 Å². The number of aromatic nitrogens is 2. The minimum atomic E-state index is -1.53. The molecule has 1 aliphatic heterocycles. The van der Waals surface area contributed by atoms with Gasteiger partial charge in [0.2, 0.25) is 0 Å². The third kappa shape index (κ3) is 2.26. The summed E-state index contributed by atoms with van der Waals surface area (Å²) in [5.74, 6) is -0.808. The van der Waals surface area contributed by atoms with Crippen molar-refractivity contribution >= 4 is 0 Å². The van der Waals surface area contributed by atoms with E-state index in [9.17, 15) is 24.3 Å². The van der Waals surface area contributed by atoms with Crippen molar-refractivity contribution in [3.05, 3.63) is 27.0 Å². The average Bonchev–Trinajstić information content (AvgIpc) is 2.67. The molecule has 9 nitrogen and oxygen atoms in total. The predicted octanol–water partition coefficient (Wildman–Crippen LogP) is -2.59. The zero-order valence-corrected chi connectivity index (χ0v) is 9.39. The van der Waals surface area contributed by atoms with Crippen molar-refractivity contribution in [1.29, 1.82) is 0 Å². The van der Waals surface area contributed by atoms with Gasteiger partial charge in [-0.05, 0) is 0 Å². The number of hydrogen-bond donors (Lipinski definition) is 4. The largest absolute Gasteiger partial charge is 0.394 e. The number of nitrogens with zero attached hydrogens (tertiary/aromatic N) is 1. The predicted molar refractivity (Wildman–Crippen MR) is 56.1 cm³/mol. The SMILES string of the molecule is O=c1[nH]c(=O)n([C@@H]2O[C@H](CO)[C@@H](O)[C@H]2O)cc1OF. The molecular weight excluding hydrogens is 267 g/mol. The maximum absolute atomic E-state index is 12.1. The number of hydrogen-bond acceptors (Lipinski definition) is 7. The second-order valence-corrected chi connectivity index (χ2v) is 3.97. The quantitative estimate of drug-likeness (QED) is 0.476. The number of rotatable bonds is 3. The highest BCUT2D eigenvalue weighted by atomic mass is 19.3. The minimum absolute atomic E-state index is 0.584. The van der Waals surface area contributed by atoms with Crippen molar-refractivity contribution in [2.24, 2.45) is 0 Å². The van der Waals surface area contributed by atoms with E-state index in [1.807, 2.05) is 0 Å². The third-order valence-corrected chi connectivity index (χ3v) is 2.81. The van der Waals surface area contributed by atoms with E-state index in [0.29, 0.717) is 10.8 Å². The van der Waals surface area contributed by atoms with Gasteiger partial charge >= 0.3 is 11.2 Å². The first-order valence-electron chi connectivity index (χ1n) is 5.26. The normalized spacial score (nSPS) is 30.5. The van der Waals surface area contributed by atoms with E-state index < -0.39 is 48.1 Å². The van der Waals surface area contributed by atoms with Crippen molar-refractivity contribution in [1.82, 2.24) is 9.55 Å². The van der Waals surface area contributed by atoms with E-state index in [1.165, 1.54) is 0 Å². The molecule has 2 rings (SSSR count). The number of aromatic amines is 1. The van der Waals surface area contributed by atoms with Gasteiger partial charge in [0.05, 0.1) is 12.8 Å². The Balaban J connectivity index is 2.43. The molecule has 0 spiro atoms. The van der Waals surface area contributed by atoms with Crippen LogP contribution in [-0.4, -0.2) is 49.8 Å². The number of halogens is 1. The lowest BCUT2D eigenvalue weighted by molar-refractivity contribution is -0.0572. The fraction of sp³-hybridized carbons (Fsp3) is 0.556. The Labute approximate surface area is 104 Å². The zero-order chi connectivity index (χ0) is 14.2. The fourth-order valence-electron chi connectivity index (χ4n) is 1.82. The highest BCUT2D eigenvalue weighted by Crippen LogP contribution is 2.28. The molecule has 1 aromatic heterocycles. The molecule has 1 aromatic rings. The summed E-state index contributed by atoms with van der Waals surface area (Å²) in [4.78, 5) is 27.6. The molecule has 0 radical (unpaired) electrons. The maximum atomic E-state index is 12.1. The average molecular weight is 278 g/mol. The van der Waals surface area contributed by atoms with E-state index >= 15 is 0 Å². The molecule has 1 fully saturated rings. The molecule has 10 heteroatoms. The Kier molecular flexibility index (Phi) is 3.66. The fourth-order valence-corrected chi connectivity index (χ4v) is 1.82. The molecule has 106 valence electrons. The Bertz CT molecular complexity index is 570. The lowest BCUT2D eigenvalue weighted by Gasteiger charge is -2.16. The summed E-state index contributed by atoms with van der Waals surface area (Å²) >= 11 is 0. The summed E-state index contributed by atoms with van der Waals surface area (Å²) in [6.45, 7) is -0.584. The summed E-state index contributed by atoms with van der Waals surface area (Å²) in [6, 6.07) is 0. The van der Waals surface area contributed by atoms with E-state index in [2.05, 4.69) is 4.94 Å². The van der Waals surface area contributed by atoms with Gasteiger partial charge in [-0.25, -0.2) is 4.79 Å². The Hall–Kier alpha value is -1.75. The van der Waals surface area contributed by atoms with Gasteiger partial charge in [-0.3, -0.25) is 19.3 Å². The van der Waals surface area contributed by atoms with Crippen LogP contribution in [0.3, 0.4) is 0 Å². The van der Waals surface area contributed by atoms with Gasteiger partial charge < -0.3 is 20.1 Å². The molecule has 0 amide bonds. The second-order valence-electron chi connectivity index (χ2n) is 3.97. The maximum Gasteiger partial charge on any atom is 0.330 e. The molecule has 19 heavy (non-hydrogen) atoms. The second kappa shape index (κ2) is 5.09. The standard InChI is InChI=1S/C9H11FN2O7/c10-19-3-1-12(9(17)11-7(3)16)8-6(15)5(14)4(2-13)18-8/h1,4-6,8,13-15H,2H2,(H,11,16,17)/t4-,5-,6-,8-/m1/s1. The first-order chi connectivity index (χ1) is 8.99. The van der Waals surface area contributed by atoms with Gasteiger partial charge in [0.1, 0.15) is 18.3 Å². The monoisotopic (exact) mass is 278 g/mol. The van der Waals surface area contributed by atoms with Crippen LogP contribution in [0.2, 0.25) is 0 Å². The number of aliphatic hydroxyl groups excluding tert-OH is 3. The van der Waals surface area contributed by atoms with Crippen LogP contribution in [0.1, 0.15) is 6.23 Å². The van der Waals surface area contributed by atoms with Crippen molar-refractivity contribution in [2.75, 3.05) is 6.61 Å². The Morgan fingerprint density at radius 3 is 2.63 bits per heavy atom. The van der Waals surface area contributed by atoms with E-state index in [4.69, 9.17) is 9.84 Å². The topological polar surface area (TPSA) is 134 Å². The van der Waals surface area contributed by atoms with Crippen molar-refractivity contribution in [3.8, 4) is 5.75 Å². The molecule has 0 saturated carbocycles. The van der Waals surface area contributed by atoms with E-state index in [-0.39, 0.29) is 0 Å². The van der Waals surface area contributed by atoms with Crippen LogP contribution in [0, 0.1) is 0 Å². The van der Waals surface area contributed by atoms with Crippen LogP contribution in [-0.2, 0) is 4.74 Å². The smallest absolute Gasteiger partial charge is 0.330 e. The number of H-pyrrole nitrogens is 1. The summed E-state index contributed by atoms with van der Waals surface area (Å²) in [5.41, 5.74) is -2.07. The molecule has 4 N–H and O–H groups in total. The van der Waals surface area contributed by atoms with Gasteiger partial charge in [-0.2, -0.15) is 0 Å². The van der Waals surface area contributed by atoms with Gasteiger partial charge in [0, 0.05) is 4.53 Å². The first-order valence-corrected chi connectivity index (χ1v) is 5.26. The summed E-state index contributed by atoms with van der Waals surface area (Å²) < 4.78 is 17.8. The number of ether oxygens (including phenoxy) is 1. The highest BCUT2D eigenvalue weighted by molar-refractivity contribution is 5.12. The van der Waals surface area contributed by atoms with E-state index in [0.717, 1.165) is 0 Å². The Morgan fingerprint density at radius 1 is 1.42 bits per heavy atom. The zero-order valence-electron chi connectivity index (χ0n) is 9.39. The molecule has 0 aromatic carbocycles. The molecular formula is C9H11FN2O7. The van der Waals surface area contributed by atoms with Crippen LogP contribution >= 0.6 is 0 Å². The minimum Gasteiger partial charge on any atom is -0.394 e. The summed E-state index contributed by atoms with van der Waals surface area (Å²) in [7, 11) is 0. The van der Waals surface area contributed by atoms with Gasteiger partial charge in [-0.1, -0.05) is 0 Å². The highest BCUT2D eigenvalue weighted by Gasteiger charge is 2.43.